The molecule has 0 fully saturated rings. The summed E-state index contributed by atoms with van der Waals surface area (Å²) < 4.78 is 95.7. The minimum atomic E-state index is -4.51. The maximum atomic E-state index is 15.1. The van der Waals surface area contributed by atoms with Crippen LogP contribution in [0, 0.1) is 5.82 Å². The van der Waals surface area contributed by atoms with Crippen molar-refractivity contribution in [1.29, 1.82) is 0 Å². The van der Waals surface area contributed by atoms with Crippen LogP contribution in [0.4, 0.5) is 28.9 Å². The highest BCUT2D eigenvalue weighted by Gasteiger charge is 2.31. The van der Waals surface area contributed by atoms with E-state index in [4.69, 9.17) is 14.2 Å². The first-order valence-electron chi connectivity index (χ1n) is 12.0. The van der Waals surface area contributed by atoms with Crippen LogP contribution < -0.4 is 14.4 Å². The number of alkyl halides is 3. The molecule has 0 spiro atoms. The van der Waals surface area contributed by atoms with Gasteiger partial charge in [-0.1, -0.05) is 12.1 Å². The molecular formula is C27H26F4N2O6S. The molecule has 4 rings (SSSR count). The van der Waals surface area contributed by atoms with E-state index >= 15 is 4.39 Å². The number of methoxy groups -OCH3 is 1. The van der Waals surface area contributed by atoms with Crippen molar-refractivity contribution in [3.63, 3.8) is 0 Å². The van der Waals surface area contributed by atoms with Gasteiger partial charge in [0.15, 0.2) is 6.79 Å². The van der Waals surface area contributed by atoms with E-state index in [-0.39, 0.29) is 48.1 Å². The fraction of sp³-hybridized carbons (Fsp3) is 0.296. The van der Waals surface area contributed by atoms with Gasteiger partial charge in [-0.25, -0.2) is 12.8 Å². The molecule has 13 heteroatoms. The molecule has 1 amide bonds. The lowest BCUT2D eigenvalue weighted by molar-refractivity contribution is -0.137. The van der Waals surface area contributed by atoms with E-state index in [0.717, 1.165) is 24.5 Å². The van der Waals surface area contributed by atoms with Crippen molar-refractivity contribution in [3.05, 3.63) is 77.1 Å². The highest BCUT2D eigenvalue weighted by atomic mass is 32.2. The smallest absolute Gasteiger partial charge is 0.416 e. The van der Waals surface area contributed by atoms with Gasteiger partial charge in [-0.2, -0.15) is 13.2 Å². The number of fused-ring (bicyclic) bond motifs is 1. The third-order valence-corrected chi connectivity index (χ3v) is 6.69. The summed E-state index contributed by atoms with van der Waals surface area (Å²) in [5.41, 5.74) is 0.563. The fourth-order valence-electron chi connectivity index (χ4n) is 4.21. The average molecular weight is 583 g/mol. The van der Waals surface area contributed by atoms with Gasteiger partial charge >= 0.3 is 6.18 Å². The number of nitrogens with zero attached hydrogens (tertiary/aromatic N) is 1. The summed E-state index contributed by atoms with van der Waals surface area (Å²) >= 11 is 0. The number of hydrogen-bond acceptors (Lipinski definition) is 6. The number of halogens is 4. The van der Waals surface area contributed by atoms with Crippen molar-refractivity contribution in [2.75, 3.05) is 49.5 Å². The standard InChI is InChI=1S/C27H26F4N2O6S/c1-37-11-12-38-16-39-25-8-7-20(14-24(25)32-40(2,35)36)33-10-9-18-13-21(23(28)15-22(18)26(33)34)17-3-5-19(6-4-17)27(29,30)31/h3-8,13-15,32H,9-12,16H2,1-2H3. The Hall–Kier alpha value is -3.68. The molecule has 0 saturated heterocycles. The molecular weight excluding hydrogens is 556 g/mol. The number of benzene rings is 3. The molecule has 1 aliphatic rings. The first-order valence-corrected chi connectivity index (χ1v) is 13.9. The lowest BCUT2D eigenvalue weighted by Crippen LogP contribution is -2.37. The van der Waals surface area contributed by atoms with Crippen LogP contribution in [0.2, 0.25) is 0 Å². The van der Waals surface area contributed by atoms with Gasteiger partial charge in [0.25, 0.3) is 5.91 Å². The number of rotatable bonds is 10. The highest BCUT2D eigenvalue weighted by Crippen LogP contribution is 2.36. The predicted molar refractivity (Wildman–Crippen MR) is 140 cm³/mol. The van der Waals surface area contributed by atoms with E-state index in [9.17, 15) is 26.4 Å². The molecule has 3 aromatic carbocycles. The summed E-state index contributed by atoms with van der Waals surface area (Å²) in [5, 5.41) is 0. The second kappa shape index (κ2) is 11.8. The first kappa shape index (κ1) is 29.3. The predicted octanol–water partition coefficient (Wildman–Crippen LogP) is 5.09. The van der Waals surface area contributed by atoms with Gasteiger partial charge in [-0.3, -0.25) is 9.52 Å². The van der Waals surface area contributed by atoms with Crippen LogP contribution in [0.15, 0.2) is 54.6 Å². The monoisotopic (exact) mass is 582 g/mol. The van der Waals surface area contributed by atoms with Crippen LogP contribution in [0.1, 0.15) is 21.5 Å². The Morgan fingerprint density at radius 1 is 1.00 bits per heavy atom. The number of sulfonamides is 1. The number of nitrogens with one attached hydrogen (secondary N) is 1. The Morgan fingerprint density at radius 2 is 1.73 bits per heavy atom. The summed E-state index contributed by atoms with van der Waals surface area (Å²) in [6.07, 6.45) is -3.21. The maximum Gasteiger partial charge on any atom is 0.416 e. The summed E-state index contributed by atoms with van der Waals surface area (Å²) in [6.45, 7) is 0.643. The Balaban J connectivity index is 1.59. The third-order valence-electron chi connectivity index (χ3n) is 6.10. The van der Waals surface area contributed by atoms with Gasteiger partial charge in [0, 0.05) is 30.5 Å². The summed E-state index contributed by atoms with van der Waals surface area (Å²) in [5.74, 6) is -1.10. The summed E-state index contributed by atoms with van der Waals surface area (Å²) in [6, 6.07) is 11.2. The van der Waals surface area contributed by atoms with E-state index in [2.05, 4.69) is 4.72 Å². The van der Waals surface area contributed by atoms with Crippen LogP contribution in [0.25, 0.3) is 11.1 Å². The lowest BCUT2D eigenvalue weighted by atomic mass is 9.93. The second-order valence-electron chi connectivity index (χ2n) is 8.99. The van der Waals surface area contributed by atoms with Crippen molar-refractivity contribution in [1.82, 2.24) is 0 Å². The van der Waals surface area contributed by atoms with Gasteiger partial charge in [0.2, 0.25) is 10.0 Å². The van der Waals surface area contributed by atoms with Crippen LogP contribution >= 0.6 is 0 Å². The number of amides is 1. The van der Waals surface area contributed by atoms with E-state index in [1.165, 1.54) is 42.3 Å². The van der Waals surface area contributed by atoms with E-state index < -0.39 is 33.5 Å². The van der Waals surface area contributed by atoms with Gasteiger partial charge in [-0.15, -0.1) is 0 Å². The molecule has 0 saturated carbocycles. The zero-order valence-electron chi connectivity index (χ0n) is 21.5. The van der Waals surface area contributed by atoms with Gasteiger partial charge < -0.3 is 19.1 Å². The van der Waals surface area contributed by atoms with Gasteiger partial charge in [0.1, 0.15) is 11.6 Å². The highest BCUT2D eigenvalue weighted by molar-refractivity contribution is 7.92. The normalized spacial score (nSPS) is 13.8. The Kier molecular flexibility index (Phi) is 8.66. The number of ether oxygens (including phenoxy) is 3. The van der Waals surface area contributed by atoms with E-state index in [1.54, 1.807) is 6.07 Å². The van der Waals surface area contributed by atoms with Crippen molar-refractivity contribution in [3.8, 4) is 16.9 Å². The van der Waals surface area contributed by atoms with E-state index in [0.29, 0.717) is 24.3 Å². The minimum Gasteiger partial charge on any atom is -0.465 e. The zero-order valence-corrected chi connectivity index (χ0v) is 22.4. The summed E-state index contributed by atoms with van der Waals surface area (Å²) in [4.78, 5) is 14.7. The molecule has 0 bridgehead atoms. The molecule has 0 aromatic heterocycles. The molecule has 40 heavy (non-hydrogen) atoms. The quantitative estimate of drug-likeness (QED) is 0.204. The largest absolute Gasteiger partial charge is 0.465 e. The second-order valence-corrected chi connectivity index (χ2v) is 10.7. The zero-order chi connectivity index (χ0) is 29.1. The van der Waals surface area contributed by atoms with Crippen molar-refractivity contribution in [2.45, 2.75) is 12.6 Å². The van der Waals surface area contributed by atoms with Crippen molar-refractivity contribution < 1.29 is 45.0 Å². The molecule has 0 radical (unpaired) electrons. The Labute approximate surface area is 228 Å². The van der Waals surface area contributed by atoms with Crippen LogP contribution in [-0.4, -0.2) is 54.2 Å². The lowest BCUT2D eigenvalue weighted by Gasteiger charge is -2.30. The van der Waals surface area contributed by atoms with Gasteiger partial charge in [-0.05, 0) is 60.0 Å². The maximum absolute atomic E-state index is 15.1. The molecule has 1 aliphatic heterocycles. The third kappa shape index (κ3) is 6.90. The molecule has 1 N–H and O–H groups in total. The number of hydrogen-bond donors (Lipinski definition) is 1. The molecule has 3 aromatic rings. The Morgan fingerprint density at radius 3 is 2.38 bits per heavy atom. The molecule has 0 aliphatic carbocycles. The van der Waals surface area contributed by atoms with Gasteiger partial charge in [0.05, 0.1) is 30.7 Å². The molecule has 1 heterocycles. The van der Waals surface area contributed by atoms with Crippen LogP contribution in [0.5, 0.6) is 5.75 Å². The molecule has 0 unspecified atom stereocenters. The van der Waals surface area contributed by atoms with Crippen LogP contribution in [0.3, 0.4) is 0 Å². The van der Waals surface area contributed by atoms with Crippen LogP contribution in [-0.2, 0) is 32.1 Å². The average Bonchev–Trinajstić information content (AvgIpc) is 2.88. The van der Waals surface area contributed by atoms with Crippen molar-refractivity contribution >= 4 is 27.3 Å². The number of carbonyl (C=O) groups excluding carboxylic acids is 1. The fourth-order valence-corrected chi connectivity index (χ4v) is 4.77. The molecule has 214 valence electrons. The molecule has 8 nitrogen and oxygen atoms in total. The first-order chi connectivity index (χ1) is 18.9. The minimum absolute atomic E-state index is 0.0813. The SMILES string of the molecule is COCCOCOc1ccc(N2CCc3cc(-c4ccc(C(F)(F)F)cc4)c(F)cc3C2=O)cc1NS(C)(=O)=O. The van der Waals surface area contributed by atoms with Crippen molar-refractivity contribution in [2.24, 2.45) is 0 Å². The van der Waals surface area contributed by atoms with E-state index in [1.807, 2.05) is 0 Å². The molecule has 0 atom stereocenters. The Bertz CT molecular complexity index is 1490. The summed E-state index contributed by atoms with van der Waals surface area (Å²) in [7, 11) is -2.18. The number of anilines is 2. The number of carbonyl (C=O) groups is 1. The topological polar surface area (TPSA) is 94.2 Å².